The van der Waals surface area contributed by atoms with Crippen LogP contribution in [0.3, 0.4) is 0 Å². The summed E-state index contributed by atoms with van der Waals surface area (Å²) in [6.45, 7) is 5.58. The first-order valence-corrected chi connectivity index (χ1v) is 11.5. The van der Waals surface area contributed by atoms with Gasteiger partial charge >= 0.3 is 5.97 Å². The highest BCUT2D eigenvalue weighted by molar-refractivity contribution is 6.35. The molecule has 174 valence electrons. The molecule has 0 aliphatic carbocycles. The highest BCUT2D eigenvalue weighted by Gasteiger charge is 2.38. The second-order valence-electron chi connectivity index (χ2n) is 7.89. The third-order valence-corrected chi connectivity index (χ3v) is 6.51. The molecule has 34 heavy (non-hydrogen) atoms. The SMILES string of the molecule is COC(=O)C1=C(C)N(c2cc(Cl)cc(Cl)c2)C(=O)/C1=C\c1cc(C)n(-c2ccccc2Cl)c1C. The van der Waals surface area contributed by atoms with Gasteiger partial charge in [0.15, 0.2) is 0 Å². The molecule has 2 aromatic carbocycles. The number of benzene rings is 2. The van der Waals surface area contributed by atoms with Crippen molar-refractivity contribution < 1.29 is 14.3 Å². The number of ether oxygens (including phenoxy) is 1. The van der Waals surface area contributed by atoms with Crippen molar-refractivity contribution in [3.63, 3.8) is 0 Å². The van der Waals surface area contributed by atoms with Gasteiger partial charge in [0.1, 0.15) is 0 Å². The Bertz CT molecular complexity index is 1380. The lowest BCUT2D eigenvalue weighted by Gasteiger charge is -2.18. The monoisotopic (exact) mass is 514 g/mol. The van der Waals surface area contributed by atoms with Crippen LogP contribution < -0.4 is 4.90 Å². The number of halogens is 3. The average Bonchev–Trinajstić information content (AvgIpc) is 3.19. The first kappa shape index (κ1) is 24.1. The second kappa shape index (κ2) is 9.34. The van der Waals surface area contributed by atoms with Crippen molar-refractivity contribution in [3.8, 4) is 5.69 Å². The highest BCUT2D eigenvalue weighted by Crippen LogP contribution is 2.38. The van der Waals surface area contributed by atoms with E-state index in [1.165, 1.54) is 12.0 Å². The number of hydrogen-bond donors (Lipinski definition) is 0. The van der Waals surface area contributed by atoms with Gasteiger partial charge in [-0.25, -0.2) is 4.79 Å². The summed E-state index contributed by atoms with van der Waals surface area (Å²) < 4.78 is 7.02. The molecule has 0 fully saturated rings. The first-order chi connectivity index (χ1) is 16.1. The van der Waals surface area contributed by atoms with Crippen molar-refractivity contribution in [2.45, 2.75) is 20.8 Å². The topological polar surface area (TPSA) is 51.5 Å². The van der Waals surface area contributed by atoms with Crippen LogP contribution in [0.1, 0.15) is 23.9 Å². The molecule has 1 aliphatic rings. The van der Waals surface area contributed by atoms with Crippen LogP contribution in [-0.4, -0.2) is 23.6 Å². The number of para-hydroxylation sites is 1. The lowest BCUT2D eigenvalue weighted by atomic mass is 10.0. The van der Waals surface area contributed by atoms with E-state index in [4.69, 9.17) is 39.5 Å². The number of amides is 1. The second-order valence-corrected chi connectivity index (χ2v) is 9.17. The Morgan fingerprint density at radius 3 is 2.24 bits per heavy atom. The molecule has 0 bridgehead atoms. The number of carbonyl (C=O) groups excluding carboxylic acids is 2. The van der Waals surface area contributed by atoms with Gasteiger partial charge in [-0.1, -0.05) is 46.9 Å². The van der Waals surface area contributed by atoms with Crippen molar-refractivity contribution in [1.82, 2.24) is 4.57 Å². The predicted octanol–water partition coefficient (Wildman–Crippen LogP) is 6.93. The minimum absolute atomic E-state index is 0.186. The summed E-state index contributed by atoms with van der Waals surface area (Å²) in [6.07, 6.45) is 1.71. The van der Waals surface area contributed by atoms with Crippen LogP contribution in [0.2, 0.25) is 15.1 Å². The van der Waals surface area contributed by atoms with Gasteiger partial charge in [0, 0.05) is 27.1 Å². The van der Waals surface area contributed by atoms with Gasteiger partial charge < -0.3 is 9.30 Å². The Morgan fingerprint density at radius 2 is 1.62 bits per heavy atom. The Morgan fingerprint density at radius 1 is 0.971 bits per heavy atom. The van der Waals surface area contributed by atoms with Crippen LogP contribution in [0.15, 0.2) is 65.4 Å². The fourth-order valence-electron chi connectivity index (χ4n) is 4.25. The minimum atomic E-state index is -0.604. The van der Waals surface area contributed by atoms with Crippen molar-refractivity contribution in [1.29, 1.82) is 0 Å². The number of carbonyl (C=O) groups is 2. The third-order valence-electron chi connectivity index (χ3n) is 5.76. The van der Waals surface area contributed by atoms with E-state index in [0.29, 0.717) is 26.5 Å². The van der Waals surface area contributed by atoms with E-state index in [1.807, 2.05) is 48.7 Å². The number of esters is 1. The summed E-state index contributed by atoms with van der Waals surface area (Å²) in [5.41, 5.74) is 4.72. The maximum absolute atomic E-state index is 13.6. The highest BCUT2D eigenvalue weighted by atomic mass is 35.5. The minimum Gasteiger partial charge on any atom is -0.465 e. The van der Waals surface area contributed by atoms with E-state index in [0.717, 1.165) is 22.6 Å². The standard InChI is InChI=1S/C26H21Cl3N2O3/c1-14-9-17(15(2)30(14)23-8-6-5-7-22(23)29)10-21-24(26(33)34-4)16(3)31(25(21)32)20-12-18(27)11-19(28)13-20/h5-13H,1-4H3/b21-10-. The van der Waals surface area contributed by atoms with Crippen molar-refractivity contribution >= 4 is 58.4 Å². The zero-order valence-corrected chi connectivity index (χ0v) is 21.2. The molecule has 1 aromatic heterocycles. The van der Waals surface area contributed by atoms with Gasteiger partial charge in [0.2, 0.25) is 0 Å². The van der Waals surface area contributed by atoms with E-state index >= 15 is 0 Å². The molecule has 2 heterocycles. The first-order valence-electron chi connectivity index (χ1n) is 10.4. The molecule has 0 radical (unpaired) electrons. The fourth-order valence-corrected chi connectivity index (χ4v) is 4.99. The summed E-state index contributed by atoms with van der Waals surface area (Å²) in [6, 6.07) is 14.3. The Kier molecular flexibility index (Phi) is 6.63. The summed E-state index contributed by atoms with van der Waals surface area (Å²) in [5.74, 6) is -0.980. The molecule has 1 aliphatic heterocycles. The number of allylic oxidation sites excluding steroid dienone is 1. The quantitative estimate of drug-likeness (QED) is 0.280. The van der Waals surface area contributed by atoms with Crippen LogP contribution in [-0.2, 0) is 14.3 Å². The lowest BCUT2D eigenvalue weighted by molar-refractivity contribution is -0.136. The number of nitrogens with zero attached hydrogens (tertiary/aromatic N) is 2. The molecule has 0 unspecified atom stereocenters. The van der Waals surface area contributed by atoms with Gasteiger partial charge in [-0.3, -0.25) is 9.69 Å². The Hall–Kier alpha value is -2.99. The molecule has 0 saturated heterocycles. The molecule has 1 amide bonds. The van der Waals surface area contributed by atoms with Crippen LogP contribution >= 0.6 is 34.8 Å². The molecule has 4 rings (SSSR count). The molecular weight excluding hydrogens is 495 g/mol. The van der Waals surface area contributed by atoms with Crippen LogP contribution in [0.5, 0.6) is 0 Å². The van der Waals surface area contributed by atoms with Gasteiger partial charge in [-0.2, -0.15) is 0 Å². The maximum atomic E-state index is 13.6. The summed E-state index contributed by atoms with van der Waals surface area (Å²) in [5, 5.41) is 1.36. The predicted molar refractivity (Wildman–Crippen MR) is 137 cm³/mol. The smallest absolute Gasteiger partial charge is 0.340 e. The number of aryl methyl sites for hydroxylation is 1. The number of anilines is 1. The molecular formula is C26H21Cl3N2O3. The molecule has 3 aromatic rings. The molecule has 0 atom stereocenters. The average molecular weight is 516 g/mol. The van der Waals surface area contributed by atoms with Gasteiger partial charge in [-0.05, 0) is 68.8 Å². The number of rotatable bonds is 4. The molecule has 0 N–H and O–H groups in total. The zero-order chi connectivity index (χ0) is 24.7. The van der Waals surface area contributed by atoms with Gasteiger partial charge in [0.25, 0.3) is 5.91 Å². The van der Waals surface area contributed by atoms with E-state index < -0.39 is 5.97 Å². The Balaban J connectivity index is 1.88. The van der Waals surface area contributed by atoms with E-state index in [9.17, 15) is 9.59 Å². The molecule has 0 spiro atoms. The number of methoxy groups -OCH3 is 1. The van der Waals surface area contributed by atoms with Crippen LogP contribution in [0.25, 0.3) is 11.8 Å². The zero-order valence-electron chi connectivity index (χ0n) is 18.9. The fraction of sp³-hybridized carbons (Fsp3) is 0.154. The molecule has 8 heteroatoms. The number of aromatic nitrogens is 1. The number of hydrogen-bond acceptors (Lipinski definition) is 3. The van der Waals surface area contributed by atoms with E-state index in [2.05, 4.69) is 0 Å². The largest absolute Gasteiger partial charge is 0.465 e. The third kappa shape index (κ3) is 4.16. The molecule has 5 nitrogen and oxygen atoms in total. The summed E-state index contributed by atoms with van der Waals surface area (Å²) >= 11 is 18.8. The van der Waals surface area contributed by atoms with E-state index in [-0.39, 0.29) is 17.1 Å². The normalized spacial score (nSPS) is 15.0. The van der Waals surface area contributed by atoms with Crippen molar-refractivity contribution in [2.75, 3.05) is 12.0 Å². The molecule has 0 saturated carbocycles. The van der Waals surface area contributed by atoms with Gasteiger partial charge in [-0.15, -0.1) is 0 Å². The Labute approximate surface area is 212 Å². The maximum Gasteiger partial charge on any atom is 0.340 e. The van der Waals surface area contributed by atoms with Crippen LogP contribution in [0, 0.1) is 13.8 Å². The lowest BCUT2D eigenvalue weighted by Crippen LogP contribution is -2.24. The van der Waals surface area contributed by atoms with Crippen molar-refractivity contribution in [2.24, 2.45) is 0 Å². The van der Waals surface area contributed by atoms with Crippen molar-refractivity contribution in [3.05, 3.63) is 97.4 Å². The van der Waals surface area contributed by atoms with Crippen LogP contribution in [0.4, 0.5) is 5.69 Å². The summed E-state index contributed by atoms with van der Waals surface area (Å²) in [7, 11) is 1.28. The van der Waals surface area contributed by atoms with E-state index in [1.54, 1.807) is 31.2 Å². The summed E-state index contributed by atoms with van der Waals surface area (Å²) in [4.78, 5) is 27.7. The van der Waals surface area contributed by atoms with Gasteiger partial charge in [0.05, 0.1) is 34.7 Å².